The second-order valence-corrected chi connectivity index (χ2v) is 7.39. The van der Waals surface area contributed by atoms with Crippen LogP contribution in [0.15, 0.2) is 89.8 Å². The van der Waals surface area contributed by atoms with Gasteiger partial charge in [-0.25, -0.2) is 8.42 Å². The van der Waals surface area contributed by atoms with Crippen molar-refractivity contribution in [2.24, 2.45) is 0 Å². The molecule has 132 valence electrons. The molecule has 0 radical (unpaired) electrons. The van der Waals surface area contributed by atoms with Crippen LogP contribution in [0.25, 0.3) is 0 Å². The van der Waals surface area contributed by atoms with Gasteiger partial charge in [0, 0.05) is 6.07 Å². The molecule has 0 aliphatic carbocycles. The molecule has 26 heavy (non-hydrogen) atoms. The van der Waals surface area contributed by atoms with E-state index in [2.05, 4.69) is 0 Å². The summed E-state index contributed by atoms with van der Waals surface area (Å²) in [5.74, 6) is 0. The van der Waals surface area contributed by atoms with Gasteiger partial charge < -0.3 is 0 Å². The van der Waals surface area contributed by atoms with Gasteiger partial charge in [0.05, 0.1) is 17.2 Å². The summed E-state index contributed by atoms with van der Waals surface area (Å²) in [5, 5.41) is 11.3. The Kier molecular flexibility index (Phi) is 4.99. The molecule has 0 aliphatic rings. The summed E-state index contributed by atoms with van der Waals surface area (Å²) in [5.41, 5.74) is 0.773. The maximum atomic E-state index is 13.3. The van der Waals surface area contributed by atoms with Crippen LogP contribution in [0.2, 0.25) is 0 Å². The van der Waals surface area contributed by atoms with E-state index >= 15 is 0 Å². The Hall–Kier alpha value is -3.19. The minimum Gasteiger partial charge on any atom is -0.262 e. The number of anilines is 1. The zero-order valence-electron chi connectivity index (χ0n) is 13.7. The van der Waals surface area contributed by atoms with Crippen LogP contribution in [0.4, 0.5) is 11.4 Å². The highest BCUT2D eigenvalue weighted by molar-refractivity contribution is 7.93. The lowest BCUT2D eigenvalue weighted by Crippen LogP contribution is -2.31. The predicted octanol–water partition coefficient (Wildman–Crippen LogP) is 3.99. The van der Waals surface area contributed by atoms with Crippen molar-refractivity contribution in [1.82, 2.24) is 0 Å². The molecular weight excluding hydrogens is 352 g/mol. The molecule has 3 aromatic carbocycles. The van der Waals surface area contributed by atoms with Gasteiger partial charge in [0.2, 0.25) is 0 Å². The van der Waals surface area contributed by atoms with Crippen molar-refractivity contribution in [3.8, 4) is 0 Å². The molecule has 3 rings (SSSR count). The average molecular weight is 368 g/mol. The first-order chi connectivity index (χ1) is 12.5. The van der Waals surface area contributed by atoms with Gasteiger partial charge in [-0.1, -0.05) is 60.7 Å². The van der Waals surface area contributed by atoms with Gasteiger partial charge in [-0.2, -0.15) is 0 Å². The third-order valence-corrected chi connectivity index (χ3v) is 5.66. The summed E-state index contributed by atoms with van der Waals surface area (Å²) in [6.45, 7) is 0.0687. The number of hydrogen-bond acceptors (Lipinski definition) is 4. The van der Waals surface area contributed by atoms with Crippen molar-refractivity contribution in [3.63, 3.8) is 0 Å². The number of para-hydroxylation sites is 2. The van der Waals surface area contributed by atoms with E-state index in [0.717, 1.165) is 5.56 Å². The molecule has 0 N–H and O–H groups in total. The van der Waals surface area contributed by atoms with E-state index in [1.807, 2.05) is 30.3 Å². The molecule has 7 heteroatoms. The normalized spacial score (nSPS) is 11.1. The van der Waals surface area contributed by atoms with E-state index in [1.54, 1.807) is 30.3 Å². The van der Waals surface area contributed by atoms with Gasteiger partial charge >= 0.3 is 0 Å². The fraction of sp³-hybridized carbons (Fsp3) is 0.0526. The minimum atomic E-state index is -4.14. The zero-order valence-corrected chi connectivity index (χ0v) is 14.5. The van der Waals surface area contributed by atoms with Gasteiger partial charge in [0.25, 0.3) is 15.7 Å². The predicted molar refractivity (Wildman–Crippen MR) is 99.3 cm³/mol. The molecule has 0 atom stereocenters. The fourth-order valence-electron chi connectivity index (χ4n) is 2.60. The highest BCUT2D eigenvalue weighted by atomic mass is 32.2. The van der Waals surface area contributed by atoms with Gasteiger partial charge in [0.15, 0.2) is 4.90 Å². The maximum Gasteiger partial charge on any atom is 0.289 e. The number of nitrogens with zero attached hydrogens (tertiary/aromatic N) is 2. The van der Waals surface area contributed by atoms with Gasteiger partial charge in [-0.05, 0) is 23.8 Å². The van der Waals surface area contributed by atoms with E-state index < -0.39 is 20.6 Å². The van der Waals surface area contributed by atoms with Crippen LogP contribution in [0.3, 0.4) is 0 Å². The number of benzene rings is 3. The third kappa shape index (κ3) is 3.57. The fourth-order valence-corrected chi connectivity index (χ4v) is 4.22. The molecule has 0 unspecified atom stereocenters. The first-order valence-electron chi connectivity index (χ1n) is 7.85. The van der Waals surface area contributed by atoms with Crippen LogP contribution in [-0.4, -0.2) is 13.3 Å². The Labute approximate surface area is 151 Å². The Morgan fingerprint density at radius 3 is 1.96 bits per heavy atom. The summed E-state index contributed by atoms with van der Waals surface area (Å²) in [4.78, 5) is 10.3. The molecule has 3 aromatic rings. The molecule has 0 bridgehead atoms. The van der Waals surface area contributed by atoms with Crippen LogP contribution >= 0.6 is 0 Å². The number of nitro benzene ring substituents is 1. The van der Waals surface area contributed by atoms with E-state index in [1.165, 1.54) is 28.6 Å². The molecule has 0 fully saturated rings. The van der Waals surface area contributed by atoms with Crippen molar-refractivity contribution < 1.29 is 13.3 Å². The molecule has 0 amide bonds. The Morgan fingerprint density at radius 1 is 0.808 bits per heavy atom. The lowest BCUT2D eigenvalue weighted by atomic mass is 10.2. The number of rotatable bonds is 6. The summed E-state index contributed by atoms with van der Waals surface area (Å²) < 4.78 is 27.8. The summed E-state index contributed by atoms with van der Waals surface area (Å²) >= 11 is 0. The van der Waals surface area contributed by atoms with E-state index in [9.17, 15) is 18.5 Å². The van der Waals surface area contributed by atoms with Crippen molar-refractivity contribution in [3.05, 3.63) is 101 Å². The number of hydrogen-bond donors (Lipinski definition) is 0. The molecule has 6 nitrogen and oxygen atoms in total. The van der Waals surface area contributed by atoms with Gasteiger partial charge in [0.1, 0.15) is 0 Å². The SMILES string of the molecule is O=[N+]([O-])c1ccccc1S(=O)(=O)N(Cc1ccccc1)c1ccccc1. The van der Waals surface area contributed by atoms with Crippen molar-refractivity contribution in [2.75, 3.05) is 4.31 Å². The minimum absolute atomic E-state index is 0.0687. The second-order valence-electron chi connectivity index (χ2n) is 5.56. The van der Waals surface area contributed by atoms with E-state index in [-0.39, 0.29) is 11.4 Å². The molecule has 0 heterocycles. The molecular formula is C19H16N2O4S. The largest absolute Gasteiger partial charge is 0.289 e. The van der Waals surface area contributed by atoms with Crippen LogP contribution in [0.1, 0.15) is 5.56 Å². The lowest BCUT2D eigenvalue weighted by molar-refractivity contribution is -0.387. The average Bonchev–Trinajstić information content (AvgIpc) is 2.67. The lowest BCUT2D eigenvalue weighted by Gasteiger charge is -2.24. The van der Waals surface area contributed by atoms with Crippen molar-refractivity contribution in [2.45, 2.75) is 11.4 Å². The topological polar surface area (TPSA) is 80.5 Å². The third-order valence-electron chi connectivity index (χ3n) is 3.84. The Bertz CT molecular complexity index is 1010. The second kappa shape index (κ2) is 7.37. The number of nitro groups is 1. The van der Waals surface area contributed by atoms with Crippen molar-refractivity contribution in [1.29, 1.82) is 0 Å². The maximum absolute atomic E-state index is 13.3. The first-order valence-corrected chi connectivity index (χ1v) is 9.29. The van der Waals surface area contributed by atoms with Crippen LogP contribution < -0.4 is 4.31 Å². The standard InChI is InChI=1S/C19H16N2O4S/c22-21(23)18-13-7-8-14-19(18)26(24,25)20(17-11-5-2-6-12-17)15-16-9-3-1-4-10-16/h1-14H,15H2. The molecule has 0 spiro atoms. The smallest absolute Gasteiger partial charge is 0.262 e. The quantitative estimate of drug-likeness (QED) is 0.487. The van der Waals surface area contributed by atoms with E-state index in [4.69, 9.17) is 0 Å². The summed E-state index contributed by atoms with van der Waals surface area (Å²) in [7, 11) is -4.14. The highest BCUT2D eigenvalue weighted by Gasteiger charge is 2.31. The molecule has 0 aliphatic heterocycles. The zero-order chi connectivity index (χ0) is 18.6. The van der Waals surface area contributed by atoms with Gasteiger partial charge in [-0.3, -0.25) is 14.4 Å². The summed E-state index contributed by atoms with van der Waals surface area (Å²) in [6, 6.07) is 23.0. The first kappa shape index (κ1) is 17.6. The van der Waals surface area contributed by atoms with E-state index in [0.29, 0.717) is 5.69 Å². The Morgan fingerprint density at radius 2 is 1.35 bits per heavy atom. The van der Waals surface area contributed by atoms with Crippen LogP contribution in [-0.2, 0) is 16.6 Å². The molecule has 0 aromatic heterocycles. The molecule has 0 saturated heterocycles. The van der Waals surface area contributed by atoms with Crippen LogP contribution in [0, 0.1) is 10.1 Å². The molecule has 0 saturated carbocycles. The Balaban J connectivity index is 2.14. The summed E-state index contributed by atoms with van der Waals surface area (Å²) in [6.07, 6.45) is 0. The van der Waals surface area contributed by atoms with Crippen LogP contribution in [0.5, 0.6) is 0 Å². The van der Waals surface area contributed by atoms with Crippen molar-refractivity contribution >= 4 is 21.4 Å². The number of sulfonamides is 1. The monoisotopic (exact) mass is 368 g/mol. The highest BCUT2D eigenvalue weighted by Crippen LogP contribution is 2.30. The van der Waals surface area contributed by atoms with Gasteiger partial charge in [-0.15, -0.1) is 0 Å².